The van der Waals surface area contributed by atoms with Crippen LogP contribution in [0.25, 0.3) is 0 Å². The average molecular weight is 405 g/mol. The van der Waals surface area contributed by atoms with Crippen LogP contribution in [-0.4, -0.2) is 23.4 Å². The quantitative estimate of drug-likeness (QED) is 0.665. The first kappa shape index (κ1) is 19.7. The van der Waals surface area contributed by atoms with Gasteiger partial charge in [0.2, 0.25) is 0 Å². The van der Waals surface area contributed by atoms with Gasteiger partial charge in [-0.2, -0.15) is 0 Å². The van der Waals surface area contributed by atoms with Gasteiger partial charge in [0.25, 0.3) is 0 Å². The van der Waals surface area contributed by atoms with Crippen molar-refractivity contribution >= 4 is 0 Å². The van der Waals surface area contributed by atoms with E-state index >= 15 is 0 Å². The molecule has 158 valence electrons. The number of hydrogen-bond donors (Lipinski definition) is 2. The zero-order chi connectivity index (χ0) is 20.9. The lowest BCUT2D eigenvalue weighted by Gasteiger charge is -2.51. The number of fused-ring (bicyclic) bond motifs is 4. The standard InChI is InChI=1S/C27H32O3/c1-3-27-12-11-26(16-18-7-5-4-6-8-18)17-21(29)14-23(26)22(27)10-9-19-13-20(28)15-24(30-2)25(19)27/h4-8,13,15,21,28-29H,3,9-12,14,16-17H2,1-2H3/t21-,26?,27-/m0/s1. The van der Waals surface area contributed by atoms with Gasteiger partial charge in [0.15, 0.2) is 0 Å². The monoisotopic (exact) mass is 404 g/mol. The van der Waals surface area contributed by atoms with Crippen LogP contribution in [0.2, 0.25) is 0 Å². The summed E-state index contributed by atoms with van der Waals surface area (Å²) < 4.78 is 5.79. The Morgan fingerprint density at radius 2 is 1.87 bits per heavy atom. The Labute approximate surface area is 179 Å². The molecule has 5 rings (SSSR count). The third-order valence-electron chi connectivity index (χ3n) is 8.18. The van der Waals surface area contributed by atoms with Crippen molar-refractivity contribution in [1.29, 1.82) is 0 Å². The molecule has 0 aromatic heterocycles. The summed E-state index contributed by atoms with van der Waals surface area (Å²) in [5, 5.41) is 21.0. The lowest BCUT2D eigenvalue weighted by Crippen LogP contribution is -2.42. The molecule has 2 aromatic carbocycles. The summed E-state index contributed by atoms with van der Waals surface area (Å²) in [5.74, 6) is 1.11. The molecule has 1 unspecified atom stereocenters. The van der Waals surface area contributed by atoms with Crippen molar-refractivity contribution in [2.45, 2.75) is 69.8 Å². The first-order chi connectivity index (χ1) is 14.5. The number of hydrogen-bond acceptors (Lipinski definition) is 3. The number of benzene rings is 2. The maximum Gasteiger partial charge on any atom is 0.126 e. The van der Waals surface area contributed by atoms with Crippen molar-refractivity contribution in [3.63, 3.8) is 0 Å². The molecular formula is C27H32O3. The molecule has 3 heteroatoms. The molecule has 0 amide bonds. The van der Waals surface area contributed by atoms with Gasteiger partial charge in [0, 0.05) is 17.0 Å². The smallest absolute Gasteiger partial charge is 0.126 e. The SMILES string of the molecule is CC[C@]12CCC3(Cc4ccccc4)C[C@@H](O)CC3=C1CCc1cc(O)cc(OC)c12. The van der Waals surface area contributed by atoms with Crippen LogP contribution in [0, 0.1) is 5.41 Å². The summed E-state index contributed by atoms with van der Waals surface area (Å²) in [4.78, 5) is 0. The molecule has 0 heterocycles. The summed E-state index contributed by atoms with van der Waals surface area (Å²) in [6, 6.07) is 14.5. The minimum Gasteiger partial charge on any atom is -0.508 e. The van der Waals surface area contributed by atoms with Crippen molar-refractivity contribution in [1.82, 2.24) is 0 Å². The average Bonchev–Trinajstić information content (AvgIpc) is 3.08. The van der Waals surface area contributed by atoms with E-state index in [9.17, 15) is 10.2 Å². The van der Waals surface area contributed by atoms with Crippen LogP contribution in [0.15, 0.2) is 53.6 Å². The molecule has 0 aliphatic heterocycles. The Balaban J connectivity index is 1.68. The zero-order valence-corrected chi connectivity index (χ0v) is 18.1. The first-order valence-electron chi connectivity index (χ1n) is 11.4. The highest BCUT2D eigenvalue weighted by Crippen LogP contribution is 2.63. The van der Waals surface area contributed by atoms with E-state index in [1.54, 1.807) is 18.7 Å². The minimum absolute atomic E-state index is 0.0355. The van der Waals surface area contributed by atoms with Gasteiger partial charge >= 0.3 is 0 Å². The number of methoxy groups -OCH3 is 1. The maximum absolute atomic E-state index is 10.8. The van der Waals surface area contributed by atoms with Gasteiger partial charge in [-0.15, -0.1) is 0 Å². The number of allylic oxidation sites excluding steroid dienone is 1. The highest BCUT2D eigenvalue weighted by Gasteiger charge is 2.54. The van der Waals surface area contributed by atoms with Crippen LogP contribution in [-0.2, 0) is 18.3 Å². The van der Waals surface area contributed by atoms with Crippen LogP contribution in [0.3, 0.4) is 0 Å². The molecule has 3 aliphatic rings. The summed E-state index contributed by atoms with van der Waals surface area (Å²) in [5.41, 5.74) is 7.00. The van der Waals surface area contributed by atoms with Crippen LogP contribution < -0.4 is 4.74 Å². The lowest BCUT2D eigenvalue weighted by atomic mass is 9.53. The number of phenolic OH excluding ortho intramolecular Hbond substituents is 1. The Morgan fingerprint density at radius 1 is 1.07 bits per heavy atom. The maximum atomic E-state index is 10.8. The van der Waals surface area contributed by atoms with Crippen LogP contribution >= 0.6 is 0 Å². The summed E-state index contributed by atoms with van der Waals surface area (Å²) >= 11 is 0. The minimum atomic E-state index is -0.244. The van der Waals surface area contributed by atoms with E-state index in [1.807, 2.05) is 6.07 Å². The molecule has 0 saturated heterocycles. The van der Waals surface area contributed by atoms with Crippen molar-refractivity contribution in [3.8, 4) is 11.5 Å². The predicted octanol–water partition coefficient (Wildman–Crippen LogP) is 5.47. The number of rotatable bonds is 4. The molecule has 3 aliphatic carbocycles. The number of aromatic hydroxyl groups is 1. The van der Waals surface area contributed by atoms with E-state index in [1.165, 1.54) is 22.3 Å². The lowest BCUT2D eigenvalue weighted by molar-refractivity contribution is 0.147. The number of aliphatic hydroxyl groups is 1. The predicted molar refractivity (Wildman–Crippen MR) is 119 cm³/mol. The highest BCUT2D eigenvalue weighted by atomic mass is 16.5. The number of phenols is 1. The molecule has 0 radical (unpaired) electrons. The van der Waals surface area contributed by atoms with Crippen molar-refractivity contribution in [2.75, 3.05) is 7.11 Å². The molecule has 3 nitrogen and oxygen atoms in total. The number of ether oxygens (including phenoxy) is 1. The van der Waals surface area contributed by atoms with Gasteiger partial charge < -0.3 is 14.9 Å². The van der Waals surface area contributed by atoms with Gasteiger partial charge in [-0.05, 0) is 74.0 Å². The third-order valence-corrected chi connectivity index (χ3v) is 8.18. The van der Waals surface area contributed by atoms with Crippen LogP contribution in [0.1, 0.15) is 62.1 Å². The molecule has 3 atom stereocenters. The van der Waals surface area contributed by atoms with E-state index in [0.29, 0.717) is 5.75 Å². The van der Waals surface area contributed by atoms with Gasteiger partial charge in [-0.1, -0.05) is 48.4 Å². The van der Waals surface area contributed by atoms with Crippen molar-refractivity contribution in [2.24, 2.45) is 5.41 Å². The molecule has 2 aromatic rings. The summed E-state index contributed by atoms with van der Waals surface area (Å²) in [6.07, 6.45) is 7.60. The highest BCUT2D eigenvalue weighted by molar-refractivity contribution is 5.59. The largest absolute Gasteiger partial charge is 0.508 e. The second-order valence-electron chi connectivity index (χ2n) is 9.58. The van der Waals surface area contributed by atoms with E-state index in [0.717, 1.165) is 57.1 Å². The van der Waals surface area contributed by atoms with Crippen molar-refractivity contribution in [3.05, 3.63) is 70.3 Å². The number of aryl methyl sites for hydroxylation is 1. The Hall–Kier alpha value is -2.26. The normalized spacial score (nSPS) is 29.9. The van der Waals surface area contributed by atoms with E-state index in [4.69, 9.17) is 4.74 Å². The fourth-order valence-electron chi connectivity index (χ4n) is 6.99. The fourth-order valence-corrected chi connectivity index (χ4v) is 6.99. The van der Waals surface area contributed by atoms with Gasteiger partial charge in [-0.3, -0.25) is 0 Å². The molecule has 1 fully saturated rings. The van der Waals surface area contributed by atoms with Crippen LogP contribution in [0.4, 0.5) is 0 Å². The Bertz CT molecular complexity index is 975. The molecular weight excluding hydrogens is 372 g/mol. The van der Waals surface area contributed by atoms with E-state index < -0.39 is 0 Å². The first-order valence-corrected chi connectivity index (χ1v) is 11.4. The topological polar surface area (TPSA) is 49.7 Å². The Morgan fingerprint density at radius 3 is 2.60 bits per heavy atom. The van der Waals surface area contributed by atoms with Gasteiger partial charge in [0.05, 0.1) is 13.2 Å². The van der Waals surface area contributed by atoms with Gasteiger partial charge in [-0.25, -0.2) is 0 Å². The fraction of sp³-hybridized carbons (Fsp3) is 0.481. The van der Waals surface area contributed by atoms with Gasteiger partial charge in [0.1, 0.15) is 11.5 Å². The molecule has 2 N–H and O–H groups in total. The molecule has 30 heavy (non-hydrogen) atoms. The zero-order valence-electron chi connectivity index (χ0n) is 18.1. The van der Waals surface area contributed by atoms with Crippen LogP contribution in [0.5, 0.6) is 11.5 Å². The summed E-state index contributed by atoms with van der Waals surface area (Å²) in [6.45, 7) is 2.29. The second-order valence-corrected chi connectivity index (χ2v) is 9.58. The molecule has 0 bridgehead atoms. The summed E-state index contributed by atoms with van der Waals surface area (Å²) in [7, 11) is 1.71. The van der Waals surface area contributed by atoms with E-state index in [2.05, 4.69) is 37.3 Å². The van der Waals surface area contributed by atoms with E-state index in [-0.39, 0.29) is 16.9 Å². The van der Waals surface area contributed by atoms with Crippen molar-refractivity contribution < 1.29 is 14.9 Å². The molecule has 0 spiro atoms. The third kappa shape index (κ3) is 2.82. The number of aliphatic hydroxyl groups excluding tert-OH is 1. The molecule has 1 saturated carbocycles. The Kier molecular flexibility index (Phi) is 4.70. The second kappa shape index (κ2) is 7.16.